The number of unbranched alkanes of at least 4 members (excludes halogenated alkanes) is 3. The van der Waals surface area contributed by atoms with Crippen LogP contribution < -0.4 is 10.5 Å². The SMILES string of the molecule is CCCCCCC(C)Oc1ccc(N)cc1C(=O)OCC. The third-order valence-electron chi connectivity index (χ3n) is 3.29. The summed E-state index contributed by atoms with van der Waals surface area (Å²) in [6.45, 7) is 6.33. The van der Waals surface area contributed by atoms with Crippen LogP contribution in [0.4, 0.5) is 5.69 Å². The second kappa shape index (κ2) is 9.27. The average Bonchev–Trinajstić information content (AvgIpc) is 2.46. The molecular formula is C17H27NO3. The summed E-state index contributed by atoms with van der Waals surface area (Å²) in [7, 11) is 0. The second-order valence-electron chi connectivity index (χ2n) is 5.25. The number of anilines is 1. The van der Waals surface area contributed by atoms with Crippen LogP contribution in [0.25, 0.3) is 0 Å². The van der Waals surface area contributed by atoms with Crippen LogP contribution in [0.15, 0.2) is 18.2 Å². The van der Waals surface area contributed by atoms with E-state index in [1.165, 1.54) is 19.3 Å². The van der Waals surface area contributed by atoms with E-state index in [1.54, 1.807) is 25.1 Å². The maximum absolute atomic E-state index is 11.9. The fourth-order valence-corrected chi connectivity index (χ4v) is 2.15. The van der Waals surface area contributed by atoms with Gasteiger partial charge in [-0.1, -0.05) is 26.2 Å². The van der Waals surface area contributed by atoms with Crippen molar-refractivity contribution in [1.82, 2.24) is 0 Å². The molecule has 2 N–H and O–H groups in total. The average molecular weight is 293 g/mol. The molecule has 0 amide bonds. The molecule has 1 atom stereocenters. The van der Waals surface area contributed by atoms with Crippen LogP contribution in [0, 0.1) is 0 Å². The van der Waals surface area contributed by atoms with Crippen molar-refractivity contribution in [2.45, 2.75) is 59.0 Å². The number of benzene rings is 1. The minimum Gasteiger partial charge on any atom is -0.490 e. The standard InChI is InChI=1S/C17H27NO3/c1-4-6-7-8-9-13(3)21-16-11-10-14(18)12-15(16)17(19)20-5-2/h10-13H,4-9,18H2,1-3H3. The van der Waals surface area contributed by atoms with Gasteiger partial charge in [0.1, 0.15) is 11.3 Å². The number of nitrogens with two attached hydrogens (primary N) is 1. The predicted molar refractivity (Wildman–Crippen MR) is 85.7 cm³/mol. The number of nitrogen functional groups attached to an aromatic ring is 1. The van der Waals surface area contributed by atoms with Crippen LogP contribution in [0.2, 0.25) is 0 Å². The lowest BCUT2D eigenvalue weighted by molar-refractivity contribution is 0.0519. The molecule has 21 heavy (non-hydrogen) atoms. The molecule has 118 valence electrons. The first kappa shape index (κ1) is 17.3. The van der Waals surface area contributed by atoms with Gasteiger partial charge in [0.25, 0.3) is 0 Å². The number of carbonyl (C=O) groups excluding carboxylic acids is 1. The number of rotatable bonds is 9. The molecule has 0 aliphatic carbocycles. The van der Waals surface area contributed by atoms with E-state index in [4.69, 9.17) is 15.2 Å². The van der Waals surface area contributed by atoms with E-state index in [9.17, 15) is 4.79 Å². The molecule has 1 aromatic rings. The Morgan fingerprint density at radius 3 is 2.67 bits per heavy atom. The molecule has 0 bridgehead atoms. The highest BCUT2D eigenvalue weighted by Crippen LogP contribution is 2.24. The van der Waals surface area contributed by atoms with Crippen LogP contribution in [0.3, 0.4) is 0 Å². The Balaban J connectivity index is 2.66. The van der Waals surface area contributed by atoms with Gasteiger partial charge in [-0.25, -0.2) is 4.79 Å². The Morgan fingerprint density at radius 2 is 2.00 bits per heavy atom. The molecule has 4 nitrogen and oxygen atoms in total. The van der Waals surface area contributed by atoms with Gasteiger partial charge >= 0.3 is 5.97 Å². The van der Waals surface area contributed by atoms with E-state index in [2.05, 4.69) is 6.92 Å². The number of ether oxygens (including phenoxy) is 2. The van der Waals surface area contributed by atoms with Gasteiger partial charge in [-0.05, 0) is 44.9 Å². The van der Waals surface area contributed by atoms with Crippen LogP contribution >= 0.6 is 0 Å². The number of hydrogen-bond acceptors (Lipinski definition) is 4. The summed E-state index contributed by atoms with van der Waals surface area (Å²) in [6.07, 6.45) is 5.88. The summed E-state index contributed by atoms with van der Waals surface area (Å²) in [4.78, 5) is 11.9. The Bertz CT molecular complexity index is 446. The second-order valence-corrected chi connectivity index (χ2v) is 5.25. The highest BCUT2D eigenvalue weighted by Gasteiger charge is 2.16. The van der Waals surface area contributed by atoms with Crippen molar-refractivity contribution in [3.05, 3.63) is 23.8 Å². The fourth-order valence-electron chi connectivity index (χ4n) is 2.15. The van der Waals surface area contributed by atoms with Crippen LogP contribution in [-0.2, 0) is 4.74 Å². The number of carbonyl (C=O) groups is 1. The summed E-state index contributed by atoms with van der Waals surface area (Å²) in [6, 6.07) is 5.09. The predicted octanol–water partition coefficient (Wildman–Crippen LogP) is 4.18. The number of esters is 1. The van der Waals surface area contributed by atoms with E-state index in [1.807, 2.05) is 6.92 Å². The van der Waals surface area contributed by atoms with Crippen molar-refractivity contribution in [1.29, 1.82) is 0 Å². The van der Waals surface area contributed by atoms with Gasteiger partial charge in [0.2, 0.25) is 0 Å². The third-order valence-corrected chi connectivity index (χ3v) is 3.29. The molecule has 0 saturated carbocycles. The number of hydrogen-bond donors (Lipinski definition) is 1. The quantitative estimate of drug-likeness (QED) is 0.421. The van der Waals surface area contributed by atoms with Gasteiger partial charge in [-0.15, -0.1) is 0 Å². The molecule has 0 saturated heterocycles. The lowest BCUT2D eigenvalue weighted by Crippen LogP contribution is -2.15. The molecule has 0 spiro atoms. The monoisotopic (exact) mass is 293 g/mol. The Morgan fingerprint density at radius 1 is 1.24 bits per heavy atom. The molecule has 0 aliphatic rings. The lowest BCUT2D eigenvalue weighted by atomic mass is 10.1. The van der Waals surface area contributed by atoms with Crippen molar-refractivity contribution in [3.63, 3.8) is 0 Å². The van der Waals surface area contributed by atoms with Crippen LogP contribution in [0.5, 0.6) is 5.75 Å². The van der Waals surface area contributed by atoms with Crippen molar-refractivity contribution in [2.75, 3.05) is 12.3 Å². The van der Waals surface area contributed by atoms with E-state index in [0.717, 1.165) is 12.8 Å². The molecule has 1 rings (SSSR count). The van der Waals surface area contributed by atoms with Crippen molar-refractivity contribution < 1.29 is 14.3 Å². The zero-order valence-corrected chi connectivity index (χ0v) is 13.4. The van der Waals surface area contributed by atoms with Gasteiger partial charge in [0, 0.05) is 5.69 Å². The van der Waals surface area contributed by atoms with Gasteiger partial charge < -0.3 is 15.2 Å². The highest BCUT2D eigenvalue weighted by atomic mass is 16.5. The summed E-state index contributed by atoms with van der Waals surface area (Å²) in [5.74, 6) is 0.156. The van der Waals surface area contributed by atoms with Crippen molar-refractivity contribution >= 4 is 11.7 Å². The maximum Gasteiger partial charge on any atom is 0.341 e. The summed E-state index contributed by atoms with van der Waals surface area (Å²) in [5, 5.41) is 0. The first-order valence-electron chi connectivity index (χ1n) is 7.81. The summed E-state index contributed by atoms with van der Waals surface area (Å²) < 4.78 is 10.9. The summed E-state index contributed by atoms with van der Waals surface area (Å²) >= 11 is 0. The minimum absolute atomic E-state index is 0.0682. The topological polar surface area (TPSA) is 61.5 Å². The zero-order chi connectivity index (χ0) is 15.7. The molecule has 1 aromatic carbocycles. The van der Waals surface area contributed by atoms with Gasteiger partial charge in [-0.3, -0.25) is 0 Å². The summed E-state index contributed by atoms with van der Waals surface area (Å²) in [5.41, 5.74) is 6.67. The Labute approximate surface area is 127 Å². The normalized spacial score (nSPS) is 12.0. The van der Waals surface area contributed by atoms with Crippen LogP contribution in [0.1, 0.15) is 63.2 Å². The largest absolute Gasteiger partial charge is 0.490 e. The molecule has 1 unspecified atom stereocenters. The first-order valence-corrected chi connectivity index (χ1v) is 7.81. The molecule has 0 fully saturated rings. The Kier molecular flexibility index (Phi) is 7.65. The van der Waals surface area contributed by atoms with E-state index < -0.39 is 5.97 Å². The van der Waals surface area contributed by atoms with E-state index in [0.29, 0.717) is 23.6 Å². The molecule has 0 radical (unpaired) electrons. The van der Waals surface area contributed by atoms with Crippen molar-refractivity contribution in [3.8, 4) is 5.75 Å². The molecule has 4 heteroatoms. The van der Waals surface area contributed by atoms with E-state index in [-0.39, 0.29) is 6.10 Å². The maximum atomic E-state index is 11.9. The highest BCUT2D eigenvalue weighted by molar-refractivity contribution is 5.93. The Hall–Kier alpha value is -1.71. The first-order chi connectivity index (χ1) is 10.1. The third kappa shape index (κ3) is 6.06. The minimum atomic E-state index is -0.391. The van der Waals surface area contributed by atoms with Gasteiger partial charge in [-0.2, -0.15) is 0 Å². The zero-order valence-electron chi connectivity index (χ0n) is 13.4. The van der Waals surface area contributed by atoms with Gasteiger partial charge in [0.15, 0.2) is 0 Å². The smallest absolute Gasteiger partial charge is 0.341 e. The fraction of sp³-hybridized carbons (Fsp3) is 0.588. The van der Waals surface area contributed by atoms with E-state index >= 15 is 0 Å². The molecule has 0 aromatic heterocycles. The van der Waals surface area contributed by atoms with Crippen LogP contribution in [-0.4, -0.2) is 18.7 Å². The molecular weight excluding hydrogens is 266 g/mol. The molecule has 0 aliphatic heterocycles. The lowest BCUT2D eigenvalue weighted by Gasteiger charge is -2.17. The van der Waals surface area contributed by atoms with Crippen molar-refractivity contribution in [2.24, 2.45) is 0 Å². The molecule has 0 heterocycles. The van der Waals surface area contributed by atoms with Gasteiger partial charge in [0.05, 0.1) is 12.7 Å².